The minimum atomic E-state index is -4.05. The molecule has 0 spiro atoms. The topological polar surface area (TPSA) is 153 Å². The van der Waals surface area contributed by atoms with Crippen molar-refractivity contribution in [2.45, 2.75) is 31.2 Å². The van der Waals surface area contributed by atoms with E-state index >= 15 is 0 Å². The van der Waals surface area contributed by atoms with Gasteiger partial charge in [-0.15, -0.1) is 0 Å². The van der Waals surface area contributed by atoms with Crippen molar-refractivity contribution in [3.8, 4) is 0 Å². The first-order chi connectivity index (χ1) is 14.7. The Balaban J connectivity index is 1.82. The maximum absolute atomic E-state index is 12.9. The summed E-state index contributed by atoms with van der Waals surface area (Å²) in [7, 11) is -4.05. The second kappa shape index (κ2) is 9.04. The first-order valence-electron chi connectivity index (χ1n) is 9.63. The van der Waals surface area contributed by atoms with E-state index in [0.717, 1.165) is 6.42 Å². The smallest absolute Gasteiger partial charge is 0.323 e. The molecule has 1 atom stereocenters. The summed E-state index contributed by atoms with van der Waals surface area (Å²) in [4.78, 5) is 41.1. The van der Waals surface area contributed by atoms with E-state index in [1.54, 1.807) is 19.1 Å². The number of imidazole rings is 1. The van der Waals surface area contributed by atoms with Gasteiger partial charge in [0.05, 0.1) is 27.2 Å². The molecular weight excluding hydrogens is 422 g/mol. The van der Waals surface area contributed by atoms with Gasteiger partial charge >= 0.3 is 5.69 Å². The lowest BCUT2D eigenvalue weighted by atomic mass is 10.1. The Hall–Kier alpha value is -3.60. The predicted molar refractivity (Wildman–Crippen MR) is 116 cm³/mol. The molecule has 2 amide bonds. The molecule has 3 rings (SSSR count). The summed E-state index contributed by atoms with van der Waals surface area (Å²) in [5, 5.41) is 5.25. The van der Waals surface area contributed by atoms with E-state index in [-0.39, 0.29) is 22.1 Å². The summed E-state index contributed by atoms with van der Waals surface area (Å²) in [5.74, 6) is -0.926. The highest BCUT2D eigenvalue weighted by Crippen LogP contribution is 2.22. The van der Waals surface area contributed by atoms with Crippen LogP contribution in [-0.2, 0) is 14.8 Å². The van der Waals surface area contributed by atoms with Crippen LogP contribution < -0.4 is 21.0 Å². The zero-order chi connectivity index (χ0) is 22.6. The van der Waals surface area contributed by atoms with Crippen molar-refractivity contribution in [3.05, 3.63) is 58.5 Å². The van der Waals surface area contributed by atoms with Crippen LogP contribution in [0.5, 0.6) is 0 Å². The number of para-hydroxylation sites is 1. The third kappa shape index (κ3) is 5.12. The summed E-state index contributed by atoms with van der Waals surface area (Å²) in [6.45, 7) is 3.95. The molecule has 1 heterocycles. The zero-order valence-electron chi connectivity index (χ0n) is 17.0. The number of amides is 2. The number of hydrogen-bond acceptors (Lipinski definition) is 5. The molecule has 31 heavy (non-hydrogen) atoms. The molecule has 2 aromatic carbocycles. The second-order valence-electron chi connectivity index (χ2n) is 6.92. The number of aromatic amines is 2. The molecule has 0 saturated carbocycles. The number of rotatable bonds is 8. The number of carbonyl (C=O) groups excluding carboxylic acids is 2. The van der Waals surface area contributed by atoms with Crippen molar-refractivity contribution in [2.24, 2.45) is 0 Å². The van der Waals surface area contributed by atoms with Gasteiger partial charge in [-0.25, -0.2) is 13.2 Å². The number of benzene rings is 2. The number of sulfonamides is 1. The van der Waals surface area contributed by atoms with Crippen molar-refractivity contribution < 1.29 is 18.0 Å². The van der Waals surface area contributed by atoms with Crippen molar-refractivity contribution in [2.75, 3.05) is 11.3 Å². The summed E-state index contributed by atoms with van der Waals surface area (Å²) in [5.41, 5.74) is 0.489. The van der Waals surface area contributed by atoms with Crippen molar-refractivity contribution in [1.82, 2.24) is 20.6 Å². The SMILES string of the molecule is CCCNC(=O)C(C)NC(=O)c1ccccc1NS(=O)(=O)c1ccc2[nH]c(=O)[nH]c2c1. The Kier molecular flexibility index (Phi) is 6.44. The molecule has 0 aliphatic heterocycles. The highest BCUT2D eigenvalue weighted by Gasteiger charge is 2.21. The molecule has 11 heteroatoms. The molecule has 1 unspecified atom stereocenters. The fourth-order valence-electron chi connectivity index (χ4n) is 2.89. The van der Waals surface area contributed by atoms with Gasteiger partial charge in [0.1, 0.15) is 6.04 Å². The maximum atomic E-state index is 12.9. The van der Waals surface area contributed by atoms with Gasteiger partial charge in [-0.3, -0.25) is 14.3 Å². The Labute approximate surface area is 178 Å². The second-order valence-corrected chi connectivity index (χ2v) is 8.61. The number of fused-ring (bicyclic) bond motifs is 1. The third-order valence-electron chi connectivity index (χ3n) is 4.50. The van der Waals surface area contributed by atoms with E-state index in [2.05, 4.69) is 25.3 Å². The van der Waals surface area contributed by atoms with E-state index in [0.29, 0.717) is 17.6 Å². The number of hydrogen-bond donors (Lipinski definition) is 5. The van der Waals surface area contributed by atoms with Gasteiger partial charge in [0.15, 0.2) is 0 Å². The van der Waals surface area contributed by atoms with Crippen molar-refractivity contribution in [1.29, 1.82) is 0 Å². The van der Waals surface area contributed by atoms with Gasteiger partial charge in [-0.05, 0) is 43.7 Å². The highest BCUT2D eigenvalue weighted by molar-refractivity contribution is 7.92. The molecule has 0 bridgehead atoms. The molecule has 0 aliphatic carbocycles. The molecule has 1 aromatic heterocycles. The van der Waals surface area contributed by atoms with Crippen LogP contribution in [0.4, 0.5) is 5.69 Å². The standard InChI is InChI=1S/C20H23N5O5S/c1-3-10-21-18(26)12(2)22-19(27)14-6-4-5-7-15(14)25-31(29,30)13-8-9-16-17(11-13)24-20(28)23-16/h4-9,11-12,25H,3,10H2,1-2H3,(H,21,26)(H,22,27)(H2,23,24,28). The maximum Gasteiger partial charge on any atom is 0.323 e. The zero-order valence-corrected chi connectivity index (χ0v) is 17.8. The van der Waals surface area contributed by atoms with Crippen LogP contribution in [-0.4, -0.2) is 42.8 Å². The minimum Gasteiger partial charge on any atom is -0.354 e. The Bertz CT molecular complexity index is 1280. The average Bonchev–Trinajstić information content (AvgIpc) is 3.11. The summed E-state index contributed by atoms with van der Waals surface area (Å²) >= 11 is 0. The fraction of sp³-hybridized carbons (Fsp3) is 0.250. The fourth-order valence-corrected chi connectivity index (χ4v) is 4.00. The van der Waals surface area contributed by atoms with E-state index < -0.39 is 27.7 Å². The highest BCUT2D eigenvalue weighted by atomic mass is 32.2. The van der Waals surface area contributed by atoms with Gasteiger partial charge < -0.3 is 20.6 Å². The molecular formula is C20H23N5O5S. The lowest BCUT2D eigenvalue weighted by Crippen LogP contribution is -2.45. The monoisotopic (exact) mass is 445 g/mol. The molecule has 0 radical (unpaired) electrons. The van der Waals surface area contributed by atoms with Crippen LogP contribution >= 0.6 is 0 Å². The largest absolute Gasteiger partial charge is 0.354 e. The average molecular weight is 446 g/mol. The molecule has 0 aliphatic rings. The van der Waals surface area contributed by atoms with Crippen molar-refractivity contribution in [3.63, 3.8) is 0 Å². The van der Waals surface area contributed by atoms with E-state index in [1.807, 2.05) is 6.92 Å². The summed E-state index contributed by atoms with van der Waals surface area (Å²) in [6.07, 6.45) is 0.763. The van der Waals surface area contributed by atoms with Gasteiger partial charge in [0, 0.05) is 6.54 Å². The van der Waals surface area contributed by atoms with E-state index in [4.69, 9.17) is 0 Å². The molecule has 164 valence electrons. The Morgan fingerprint density at radius 3 is 2.52 bits per heavy atom. The van der Waals surface area contributed by atoms with Crippen LogP contribution in [0.25, 0.3) is 11.0 Å². The Morgan fingerprint density at radius 2 is 1.77 bits per heavy atom. The summed E-state index contributed by atoms with van der Waals surface area (Å²) < 4.78 is 28.1. The van der Waals surface area contributed by atoms with Crippen LogP contribution in [0.3, 0.4) is 0 Å². The van der Waals surface area contributed by atoms with Crippen molar-refractivity contribution >= 4 is 38.6 Å². The number of H-pyrrole nitrogens is 2. The molecule has 0 fully saturated rings. The van der Waals surface area contributed by atoms with Gasteiger partial charge in [0.25, 0.3) is 15.9 Å². The van der Waals surface area contributed by atoms with E-state index in [1.165, 1.54) is 30.3 Å². The quantitative estimate of drug-likeness (QED) is 0.354. The van der Waals surface area contributed by atoms with Crippen LogP contribution in [0.2, 0.25) is 0 Å². The molecule has 3 aromatic rings. The first-order valence-corrected chi connectivity index (χ1v) is 11.1. The van der Waals surface area contributed by atoms with Gasteiger partial charge in [-0.2, -0.15) is 0 Å². The third-order valence-corrected chi connectivity index (χ3v) is 5.87. The lowest BCUT2D eigenvalue weighted by Gasteiger charge is -2.16. The van der Waals surface area contributed by atoms with Crippen LogP contribution in [0.15, 0.2) is 52.2 Å². The number of aromatic nitrogens is 2. The molecule has 5 N–H and O–H groups in total. The number of carbonyl (C=O) groups is 2. The van der Waals surface area contributed by atoms with E-state index in [9.17, 15) is 22.8 Å². The molecule has 0 saturated heterocycles. The van der Waals surface area contributed by atoms with Gasteiger partial charge in [0.2, 0.25) is 5.91 Å². The first kappa shape index (κ1) is 22.1. The number of anilines is 1. The number of nitrogens with one attached hydrogen (secondary N) is 5. The van der Waals surface area contributed by atoms with Crippen LogP contribution in [0.1, 0.15) is 30.6 Å². The normalized spacial score (nSPS) is 12.3. The Morgan fingerprint density at radius 1 is 1.06 bits per heavy atom. The predicted octanol–water partition coefficient (Wildman–Crippen LogP) is 1.30. The van der Waals surface area contributed by atoms with Gasteiger partial charge in [-0.1, -0.05) is 19.1 Å². The van der Waals surface area contributed by atoms with Crippen LogP contribution in [0, 0.1) is 0 Å². The minimum absolute atomic E-state index is 0.0591. The lowest BCUT2D eigenvalue weighted by molar-refractivity contribution is -0.122. The summed E-state index contributed by atoms with van der Waals surface area (Å²) in [6, 6.07) is 9.41. The molecule has 10 nitrogen and oxygen atoms in total.